The third-order valence-electron chi connectivity index (χ3n) is 4.64. The van der Waals surface area contributed by atoms with Gasteiger partial charge in [-0.3, -0.25) is 20.4 Å². The summed E-state index contributed by atoms with van der Waals surface area (Å²) in [5.74, 6) is 0.306. The van der Waals surface area contributed by atoms with E-state index in [1.807, 2.05) is 74.5 Å². The molecule has 0 fully saturated rings. The van der Waals surface area contributed by atoms with Crippen molar-refractivity contribution in [3.05, 3.63) is 72.3 Å². The molecule has 30 heavy (non-hydrogen) atoms. The van der Waals surface area contributed by atoms with Crippen molar-refractivity contribution in [3.63, 3.8) is 0 Å². The third kappa shape index (κ3) is 5.50. The van der Waals surface area contributed by atoms with Crippen LogP contribution >= 0.6 is 0 Å². The second kappa shape index (κ2) is 9.78. The summed E-state index contributed by atoms with van der Waals surface area (Å²) >= 11 is 0. The molecule has 6 nitrogen and oxygen atoms in total. The van der Waals surface area contributed by atoms with E-state index in [9.17, 15) is 9.59 Å². The van der Waals surface area contributed by atoms with Gasteiger partial charge in [-0.1, -0.05) is 49.4 Å². The number of aryl methyl sites for hydroxylation is 1. The summed E-state index contributed by atoms with van der Waals surface area (Å²) in [6, 6.07) is 21.0. The summed E-state index contributed by atoms with van der Waals surface area (Å²) in [7, 11) is 0. The number of carbonyl (C=O) groups excluding carboxylic acids is 2. The summed E-state index contributed by atoms with van der Waals surface area (Å²) in [4.78, 5) is 24.7. The Morgan fingerprint density at radius 1 is 0.833 bits per heavy atom. The fourth-order valence-electron chi connectivity index (χ4n) is 2.98. The molecule has 0 aromatic heterocycles. The zero-order chi connectivity index (χ0) is 21.5. The standard InChI is InChI=1S/C24H26N2O4/c1-4-22(30-20-11-7-8-16(2)14-20)24(28)26-25-23(27)17(3)29-21-13-12-18-9-5-6-10-19(18)15-21/h5-15,17,22H,4H2,1-3H3,(H,25,27)(H,26,28)/t17-,22-/m0/s1. The monoisotopic (exact) mass is 406 g/mol. The van der Waals surface area contributed by atoms with Gasteiger partial charge in [0.25, 0.3) is 11.8 Å². The van der Waals surface area contributed by atoms with Crippen LogP contribution in [0.15, 0.2) is 66.7 Å². The van der Waals surface area contributed by atoms with Crippen LogP contribution in [0.3, 0.4) is 0 Å². The average Bonchev–Trinajstić information content (AvgIpc) is 2.75. The van der Waals surface area contributed by atoms with Crippen LogP contribution < -0.4 is 20.3 Å². The summed E-state index contributed by atoms with van der Waals surface area (Å²) in [5, 5.41) is 2.11. The lowest BCUT2D eigenvalue weighted by Gasteiger charge is -2.19. The van der Waals surface area contributed by atoms with E-state index in [0.29, 0.717) is 17.9 Å². The van der Waals surface area contributed by atoms with E-state index in [0.717, 1.165) is 16.3 Å². The molecule has 3 aromatic rings. The minimum Gasteiger partial charge on any atom is -0.481 e. The van der Waals surface area contributed by atoms with Crippen molar-refractivity contribution >= 4 is 22.6 Å². The summed E-state index contributed by atoms with van der Waals surface area (Å²) in [6.07, 6.45) is -1.05. The molecule has 0 saturated carbocycles. The van der Waals surface area contributed by atoms with Crippen molar-refractivity contribution in [1.82, 2.24) is 10.9 Å². The Morgan fingerprint density at radius 3 is 2.27 bits per heavy atom. The summed E-state index contributed by atoms with van der Waals surface area (Å²) < 4.78 is 11.5. The second-order valence-corrected chi connectivity index (χ2v) is 7.08. The molecule has 0 saturated heterocycles. The molecule has 2 atom stereocenters. The van der Waals surface area contributed by atoms with Gasteiger partial charge in [-0.2, -0.15) is 0 Å². The third-order valence-corrected chi connectivity index (χ3v) is 4.64. The van der Waals surface area contributed by atoms with Crippen LogP contribution in [0.1, 0.15) is 25.8 Å². The second-order valence-electron chi connectivity index (χ2n) is 7.08. The number of benzene rings is 3. The van der Waals surface area contributed by atoms with Crippen molar-refractivity contribution in [2.75, 3.05) is 0 Å². The van der Waals surface area contributed by atoms with Gasteiger partial charge in [-0.25, -0.2) is 0 Å². The maximum Gasteiger partial charge on any atom is 0.279 e. The van der Waals surface area contributed by atoms with Crippen molar-refractivity contribution in [1.29, 1.82) is 0 Å². The number of nitrogens with one attached hydrogen (secondary N) is 2. The van der Waals surface area contributed by atoms with Crippen molar-refractivity contribution in [2.45, 2.75) is 39.4 Å². The van der Waals surface area contributed by atoms with E-state index in [1.54, 1.807) is 13.0 Å². The Labute approximate surface area is 176 Å². The van der Waals surface area contributed by atoms with Crippen molar-refractivity contribution in [2.24, 2.45) is 0 Å². The first-order valence-electron chi connectivity index (χ1n) is 9.94. The molecule has 0 heterocycles. The Kier molecular flexibility index (Phi) is 6.91. The molecular formula is C24H26N2O4. The van der Waals surface area contributed by atoms with Gasteiger partial charge in [-0.05, 0) is 60.9 Å². The Balaban J connectivity index is 1.53. The Morgan fingerprint density at radius 2 is 1.53 bits per heavy atom. The predicted molar refractivity (Wildman–Crippen MR) is 116 cm³/mol. The highest BCUT2D eigenvalue weighted by molar-refractivity contribution is 5.87. The van der Waals surface area contributed by atoms with E-state index in [-0.39, 0.29) is 0 Å². The zero-order valence-electron chi connectivity index (χ0n) is 17.3. The van der Waals surface area contributed by atoms with E-state index in [1.165, 1.54) is 0 Å². The highest BCUT2D eigenvalue weighted by Gasteiger charge is 2.21. The van der Waals surface area contributed by atoms with E-state index >= 15 is 0 Å². The average molecular weight is 406 g/mol. The van der Waals surface area contributed by atoms with Crippen molar-refractivity contribution in [3.8, 4) is 11.5 Å². The molecular weight excluding hydrogens is 380 g/mol. The van der Waals surface area contributed by atoms with Crippen LogP contribution in [0.2, 0.25) is 0 Å². The molecule has 3 aromatic carbocycles. The predicted octanol–water partition coefficient (Wildman–Crippen LogP) is 3.92. The number of ether oxygens (including phenoxy) is 2. The first kappa shape index (κ1) is 21.2. The van der Waals surface area contributed by atoms with E-state index < -0.39 is 24.0 Å². The van der Waals surface area contributed by atoms with Crippen LogP contribution in [-0.4, -0.2) is 24.0 Å². The van der Waals surface area contributed by atoms with Crippen LogP contribution in [0.5, 0.6) is 11.5 Å². The maximum atomic E-state index is 12.4. The number of hydrogen-bond acceptors (Lipinski definition) is 4. The van der Waals surface area contributed by atoms with E-state index in [4.69, 9.17) is 9.47 Å². The highest BCUT2D eigenvalue weighted by atomic mass is 16.5. The molecule has 2 amide bonds. The fraction of sp³-hybridized carbons (Fsp3) is 0.250. The molecule has 6 heteroatoms. The minimum absolute atomic E-state index is 0.426. The normalized spacial score (nSPS) is 12.6. The molecule has 0 spiro atoms. The van der Waals surface area contributed by atoms with Gasteiger partial charge in [0.15, 0.2) is 12.2 Å². The highest BCUT2D eigenvalue weighted by Crippen LogP contribution is 2.21. The van der Waals surface area contributed by atoms with Gasteiger partial charge in [0.1, 0.15) is 11.5 Å². The smallest absolute Gasteiger partial charge is 0.279 e. The van der Waals surface area contributed by atoms with Crippen LogP contribution in [0, 0.1) is 6.92 Å². The lowest BCUT2D eigenvalue weighted by Crippen LogP contribution is -2.51. The topological polar surface area (TPSA) is 76.7 Å². The number of fused-ring (bicyclic) bond motifs is 1. The Hall–Kier alpha value is -3.54. The lowest BCUT2D eigenvalue weighted by atomic mass is 10.1. The minimum atomic E-state index is -0.788. The fourth-order valence-corrected chi connectivity index (χ4v) is 2.98. The number of hydrogen-bond donors (Lipinski definition) is 2. The first-order valence-corrected chi connectivity index (χ1v) is 9.94. The van der Waals surface area contributed by atoms with Crippen LogP contribution in [0.25, 0.3) is 10.8 Å². The summed E-state index contributed by atoms with van der Waals surface area (Å²) in [6.45, 7) is 5.41. The molecule has 0 bridgehead atoms. The van der Waals surface area contributed by atoms with Gasteiger partial charge >= 0.3 is 0 Å². The molecule has 0 aliphatic carbocycles. The van der Waals surface area contributed by atoms with Gasteiger partial charge in [0.05, 0.1) is 0 Å². The Bertz CT molecular complexity index is 1030. The largest absolute Gasteiger partial charge is 0.481 e. The van der Waals surface area contributed by atoms with Crippen LogP contribution in [-0.2, 0) is 9.59 Å². The van der Waals surface area contributed by atoms with Crippen molar-refractivity contribution < 1.29 is 19.1 Å². The molecule has 0 unspecified atom stereocenters. The SMILES string of the molecule is CC[C@H](Oc1cccc(C)c1)C(=O)NNC(=O)[C@H](C)Oc1ccc2ccccc2c1. The molecule has 0 aliphatic rings. The lowest BCUT2D eigenvalue weighted by molar-refractivity contribution is -0.135. The van der Waals surface area contributed by atoms with Crippen LogP contribution in [0.4, 0.5) is 0 Å². The number of rotatable bonds is 7. The molecule has 0 aliphatic heterocycles. The number of carbonyl (C=O) groups is 2. The van der Waals surface area contributed by atoms with Gasteiger partial charge in [-0.15, -0.1) is 0 Å². The molecule has 3 rings (SSSR count). The van der Waals surface area contributed by atoms with E-state index in [2.05, 4.69) is 10.9 Å². The zero-order valence-corrected chi connectivity index (χ0v) is 17.3. The quantitative estimate of drug-likeness (QED) is 0.583. The van der Waals surface area contributed by atoms with Gasteiger partial charge in [0.2, 0.25) is 0 Å². The summed E-state index contributed by atoms with van der Waals surface area (Å²) in [5.41, 5.74) is 5.87. The number of amides is 2. The maximum absolute atomic E-state index is 12.4. The molecule has 156 valence electrons. The number of hydrazine groups is 1. The molecule has 0 radical (unpaired) electrons. The first-order chi connectivity index (χ1) is 14.5. The van der Waals surface area contributed by atoms with Gasteiger partial charge < -0.3 is 9.47 Å². The molecule has 2 N–H and O–H groups in total. The van der Waals surface area contributed by atoms with Gasteiger partial charge in [0, 0.05) is 0 Å².